The number of ether oxygens (including phenoxy) is 1. The summed E-state index contributed by atoms with van der Waals surface area (Å²) in [7, 11) is 1.62. The van der Waals surface area contributed by atoms with Crippen LogP contribution in [0.2, 0.25) is 0 Å². The van der Waals surface area contributed by atoms with E-state index >= 15 is 0 Å². The molecule has 28 heavy (non-hydrogen) atoms. The minimum absolute atomic E-state index is 0.0962. The average Bonchev–Trinajstić information content (AvgIpc) is 3.10. The van der Waals surface area contributed by atoms with E-state index in [4.69, 9.17) is 4.74 Å². The molecule has 6 nitrogen and oxygen atoms in total. The normalized spacial score (nSPS) is 18.3. The predicted molar refractivity (Wildman–Crippen MR) is 107 cm³/mol. The molecule has 0 radical (unpaired) electrons. The molecule has 1 fully saturated rings. The van der Waals surface area contributed by atoms with Gasteiger partial charge >= 0.3 is 0 Å². The maximum atomic E-state index is 12.3. The van der Waals surface area contributed by atoms with E-state index in [1.54, 1.807) is 13.2 Å². The summed E-state index contributed by atoms with van der Waals surface area (Å²) in [6.07, 6.45) is 2.18. The van der Waals surface area contributed by atoms with Gasteiger partial charge in [0.15, 0.2) is 0 Å². The van der Waals surface area contributed by atoms with Crippen LogP contribution in [-0.2, 0) is 11.2 Å². The molecule has 1 aliphatic carbocycles. The molecule has 0 aliphatic heterocycles. The van der Waals surface area contributed by atoms with Crippen molar-refractivity contribution in [2.24, 2.45) is 0 Å². The molecule has 1 saturated carbocycles. The van der Waals surface area contributed by atoms with Gasteiger partial charge in [-0.15, -0.1) is 0 Å². The Morgan fingerprint density at radius 1 is 1.18 bits per heavy atom. The molecule has 144 valence electrons. The van der Waals surface area contributed by atoms with E-state index in [1.807, 2.05) is 48.5 Å². The lowest BCUT2D eigenvalue weighted by molar-refractivity contribution is -0.115. The van der Waals surface area contributed by atoms with Gasteiger partial charge in [-0.1, -0.05) is 30.3 Å². The van der Waals surface area contributed by atoms with E-state index in [-0.39, 0.29) is 12.3 Å². The summed E-state index contributed by atoms with van der Waals surface area (Å²) in [5.41, 5.74) is 2.87. The number of hydrogen-bond donors (Lipinski definition) is 3. The number of para-hydroxylation sites is 1. The molecule has 1 amide bonds. The molecular weight excluding hydrogens is 354 g/mol. The fourth-order valence-electron chi connectivity index (χ4n) is 3.68. The van der Waals surface area contributed by atoms with Gasteiger partial charge in [-0.2, -0.15) is 5.10 Å². The van der Waals surface area contributed by atoms with Crippen molar-refractivity contribution in [3.8, 4) is 11.5 Å². The highest BCUT2D eigenvalue weighted by atomic mass is 16.5. The molecule has 3 aromatic rings. The maximum Gasteiger partial charge on any atom is 0.229 e. The van der Waals surface area contributed by atoms with Gasteiger partial charge in [0.2, 0.25) is 5.91 Å². The Kier molecular flexibility index (Phi) is 5.02. The van der Waals surface area contributed by atoms with Gasteiger partial charge in [-0.05, 0) is 48.1 Å². The van der Waals surface area contributed by atoms with E-state index in [9.17, 15) is 9.90 Å². The molecule has 0 saturated heterocycles. The van der Waals surface area contributed by atoms with Gasteiger partial charge < -0.3 is 15.2 Å². The smallest absolute Gasteiger partial charge is 0.229 e. The first kappa shape index (κ1) is 18.1. The van der Waals surface area contributed by atoms with Crippen molar-refractivity contribution in [1.29, 1.82) is 0 Å². The van der Waals surface area contributed by atoms with Crippen LogP contribution in [0.25, 0.3) is 0 Å². The van der Waals surface area contributed by atoms with Crippen molar-refractivity contribution in [3.05, 3.63) is 71.4 Å². The number of nitrogens with one attached hydrogen (secondary N) is 2. The highest BCUT2D eigenvalue weighted by molar-refractivity contribution is 5.91. The first-order valence-corrected chi connectivity index (χ1v) is 9.38. The molecular formula is C22H23N3O3. The zero-order chi connectivity index (χ0) is 19.5. The van der Waals surface area contributed by atoms with E-state index in [1.165, 1.54) is 0 Å². The molecule has 0 atom stereocenters. The third kappa shape index (κ3) is 3.86. The Balaban J connectivity index is 1.31. The van der Waals surface area contributed by atoms with Crippen molar-refractivity contribution in [1.82, 2.24) is 10.2 Å². The number of aromatic amines is 1. The summed E-state index contributed by atoms with van der Waals surface area (Å²) in [5.74, 6) is 2.34. The number of aromatic nitrogens is 2. The van der Waals surface area contributed by atoms with Crippen LogP contribution in [0.3, 0.4) is 0 Å². The molecule has 2 aromatic carbocycles. The lowest BCUT2D eigenvalue weighted by atomic mass is 9.70. The first-order valence-electron chi connectivity index (χ1n) is 9.38. The maximum absolute atomic E-state index is 12.3. The molecule has 6 heteroatoms. The van der Waals surface area contributed by atoms with E-state index in [0.29, 0.717) is 23.4 Å². The number of benzene rings is 2. The van der Waals surface area contributed by atoms with Crippen LogP contribution in [0.4, 0.5) is 5.82 Å². The minimum Gasteiger partial charge on any atom is -0.508 e. The van der Waals surface area contributed by atoms with Gasteiger partial charge in [0.1, 0.15) is 17.3 Å². The number of carbonyl (C=O) groups is 1. The van der Waals surface area contributed by atoms with E-state index in [2.05, 4.69) is 15.5 Å². The van der Waals surface area contributed by atoms with Gasteiger partial charge in [0.05, 0.1) is 19.2 Å². The monoisotopic (exact) mass is 377 g/mol. The van der Waals surface area contributed by atoms with Crippen LogP contribution in [0, 0.1) is 0 Å². The SMILES string of the molecule is COc1ccc(CC(=O)Nc2cc(C3CC(c4ccccc4O)C3)n[nH]2)cc1. The van der Waals surface area contributed by atoms with Crippen molar-refractivity contribution >= 4 is 11.7 Å². The van der Waals surface area contributed by atoms with Gasteiger partial charge in [0.25, 0.3) is 0 Å². The molecule has 1 heterocycles. The number of phenolic OH excluding ortho intramolecular Hbond substituents is 1. The number of amides is 1. The number of anilines is 1. The number of H-pyrrole nitrogens is 1. The fraction of sp³-hybridized carbons (Fsp3) is 0.273. The molecule has 3 N–H and O–H groups in total. The summed E-state index contributed by atoms with van der Waals surface area (Å²) in [5, 5.41) is 20.1. The first-order chi connectivity index (χ1) is 13.6. The zero-order valence-electron chi connectivity index (χ0n) is 15.7. The molecule has 1 aliphatic rings. The van der Waals surface area contributed by atoms with Crippen molar-refractivity contribution in [2.75, 3.05) is 12.4 Å². The lowest BCUT2D eigenvalue weighted by Crippen LogP contribution is -2.20. The van der Waals surface area contributed by atoms with Crippen LogP contribution in [0.1, 0.15) is 41.5 Å². The molecule has 0 bridgehead atoms. The molecule has 0 unspecified atom stereocenters. The highest BCUT2D eigenvalue weighted by Gasteiger charge is 2.34. The molecule has 1 aromatic heterocycles. The Bertz CT molecular complexity index is 959. The second-order valence-electron chi connectivity index (χ2n) is 7.20. The van der Waals surface area contributed by atoms with Crippen LogP contribution < -0.4 is 10.1 Å². The largest absolute Gasteiger partial charge is 0.508 e. The number of aromatic hydroxyl groups is 1. The second-order valence-corrected chi connectivity index (χ2v) is 7.20. The van der Waals surface area contributed by atoms with Crippen molar-refractivity contribution in [3.63, 3.8) is 0 Å². The average molecular weight is 377 g/mol. The predicted octanol–water partition coefficient (Wildman–Crippen LogP) is 3.97. The number of rotatable bonds is 6. The number of hydrogen-bond acceptors (Lipinski definition) is 4. The van der Waals surface area contributed by atoms with Crippen LogP contribution in [-0.4, -0.2) is 28.3 Å². The number of carbonyl (C=O) groups excluding carboxylic acids is 1. The van der Waals surface area contributed by atoms with Crippen molar-refractivity contribution in [2.45, 2.75) is 31.1 Å². The minimum atomic E-state index is -0.0962. The van der Waals surface area contributed by atoms with Gasteiger partial charge in [-0.25, -0.2) is 0 Å². The van der Waals surface area contributed by atoms with Crippen LogP contribution in [0.5, 0.6) is 11.5 Å². The third-order valence-corrected chi connectivity index (χ3v) is 5.33. The third-order valence-electron chi connectivity index (χ3n) is 5.33. The Morgan fingerprint density at radius 2 is 1.93 bits per heavy atom. The van der Waals surface area contributed by atoms with E-state index in [0.717, 1.165) is 35.4 Å². The Labute approximate surface area is 163 Å². The van der Waals surface area contributed by atoms with Crippen LogP contribution in [0.15, 0.2) is 54.6 Å². The Morgan fingerprint density at radius 3 is 2.64 bits per heavy atom. The van der Waals surface area contributed by atoms with Crippen LogP contribution >= 0.6 is 0 Å². The number of phenols is 1. The van der Waals surface area contributed by atoms with E-state index < -0.39 is 0 Å². The summed E-state index contributed by atoms with van der Waals surface area (Å²) >= 11 is 0. The Hall–Kier alpha value is -3.28. The van der Waals surface area contributed by atoms with Crippen molar-refractivity contribution < 1.29 is 14.6 Å². The zero-order valence-corrected chi connectivity index (χ0v) is 15.7. The summed E-state index contributed by atoms with van der Waals surface area (Å²) in [4.78, 5) is 12.3. The molecule has 0 spiro atoms. The quantitative estimate of drug-likeness (QED) is 0.607. The summed E-state index contributed by atoms with van der Waals surface area (Å²) < 4.78 is 5.13. The summed E-state index contributed by atoms with van der Waals surface area (Å²) in [6.45, 7) is 0. The number of nitrogens with zero attached hydrogens (tertiary/aromatic N) is 1. The standard InChI is InChI=1S/C22H23N3O3/c1-28-17-8-6-14(7-9-17)10-22(27)23-21-13-19(24-25-21)16-11-15(12-16)18-4-2-3-5-20(18)26/h2-9,13,15-16,26H,10-12H2,1H3,(H2,23,24,25,27). The summed E-state index contributed by atoms with van der Waals surface area (Å²) in [6, 6.07) is 16.8. The van der Waals surface area contributed by atoms with Gasteiger partial charge in [0, 0.05) is 12.0 Å². The van der Waals surface area contributed by atoms with Gasteiger partial charge in [-0.3, -0.25) is 9.89 Å². The second kappa shape index (κ2) is 7.76. The molecule has 4 rings (SSSR count). The lowest BCUT2D eigenvalue weighted by Gasteiger charge is -2.34. The topological polar surface area (TPSA) is 87.2 Å². The fourth-order valence-corrected chi connectivity index (χ4v) is 3.68. The number of methoxy groups -OCH3 is 1. The highest BCUT2D eigenvalue weighted by Crippen LogP contribution is 2.49.